The highest BCUT2D eigenvalue weighted by molar-refractivity contribution is 9.10. The number of carbonyl (C=O) groups excluding carboxylic acids is 3. The van der Waals surface area contributed by atoms with Crippen LogP contribution in [-0.4, -0.2) is 32.3 Å². The molecule has 5 aromatic rings. The monoisotopic (exact) mass is 698 g/mol. The molecule has 10 nitrogen and oxygen atoms in total. The van der Waals surface area contributed by atoms with Crippen molar-refractivity contribution in [3.63, 3.8) is 0 Å². The molecule has 0 saturated carbocycles. The number of rotatable bonds is 8. The van der Waals surface area contributed by atoms with Gasteiger partial charge in [0.1, 0.15) is 11.6 Å². The van der Waals surface area contributed by atoms with Crippen molar-refractivity contribution in [2.45, 2.75) is 19.5 Å². The number of nitrogens with zero attached hydrogens (tertiary/aromatic N) is 2. The minimum absolute atomic E-state index is 0.128. The Morgan fingerprint density at radius 1 is 1.02 bits per heavy atom. The number of nitrogens with one attached hydrogen (secondary N) is 4. The Kier molecular flexibility index (Phi) is 8.63. The number of amides is 3. The number of aromatic amines is 1. The van der Waals surface area contributed by atoms with Gasteiger partial charge in [-0.05, 0) is 76.5 Å². The van der Waals surface area contributed by atoms with Crippen molar-refractivity contribution in [1.82, 2.24) is 19.9 Å². The van der Waals surface area contributed by atoms with E-state index in [-0.39, 0.29) is 18.0 Å². The summed E-state index contributed by atoms with van der Waals surface area (Å²) in [4.78, 5) is 60.5. The molecule has 0 spiro atoms. The number of benzene rings is 3. The van der Waals surface area contributed by atoms with Crippen molar-refractivity contribution < 1.29 is 23.2 Å². The van der Waals surface area contributed by atoms with Gasteiger partial charge in [0.25, 0.3) is 23.3 Å². The second-order valence-corrected chi connectivity index (χ2v) is 11.6. The van der Waals surface area contributed by atoms with Crippen molar-refractivity contribution in [3.8, 4) is 0 Å². The molecule has 3 aromatic carbocycles. The summed E-state index contributed by atoms with van der Waals surface area (Å²) in [5, 5.41) is 8.28. The Morgan fingerprint density at radius 2 is 1.81 bits per heavy atom. The summed E-state index contributed by atoms with van der Waals surface area (Å²) in [7, 11) is 0. The summed E-state index contributed by atoms with van der Waals surface area (Å²) in [5.41, 5.74) is 2.75. The third-order valence-corrected chi connectivity index (χ3v) is 8.43. The number of imidazole rings is 1. The first kappa shape index (κ1) is 31.3. The zero-order chi connectivity index (χ0) is 33.2. The number of halogens is 3. The highest BCUT2D eigenvalue weighted by Crippen LogP contribution is 2.35. The number of anilines is 2. The normalized spacial score (nSPS) is 13.6. The Balaban J connectivity index is 1.29. The predicted octanol–water partition coefficient (Wildman–Crippen LogP) is 5.57. The van der Waals surface area contributed by atoms with Crippen molar-refractivity contribution in [2.75, 3.05) is 10.6 Å². The summed E-state index contributed by atoms with van der Waals surface area (Å²) >= 11 is 3.38. The summed E-state index contributed by atoms with van der Waals surface area (Å²) < 4.78 is 29.1. The quantitative estimate of drug-likeness (QED) is 0.157. The van der Waals surface area contributed by atoms with E-state index >= 15 is 0 Å². The molecular formula is C34H25BrF2N6O4. The van der Waals surface area contributed by atoms with E-state index in [1.807, 2.05) is 0 Å². The molecule has 47 heavy (non-hydrogen) atoms. The smallest absolute Gasteiger partial charge is 0.263 e. The van der Waals surface area contributed by atoms with E-state index in [0.717, 1.165) is 12.1 Å². The highest BCUT2D eigenvalue weighted by atomic mass is 79.9. The zero-order valence-corrected chi connectivity index (χ0v) is 26.2. The van der Waals surface area contributed by atoms with Crippen LogP contribution in [0.5, 0.6) is 0 Å². The molecule has 0 saturated heterocycles. The van der Waals surface area contributed by atoms with Crippen molar-refractivity contribution in [3.05, 3.63) is 145 Å². The number of carbonyl (C=O) groups is 3. The molecule has 0 fully saturated rings. The topological polar surface area (TPSA) is 138 Å². The maximum atomic E-state index is 13.9. The molecule has 4 N–H and O–H groups in total. The number of hydrogen-bond acceptors (Lipinski definition) is 5. The summed E-state index contributed by atoms with van der Waals surface area (Å²) in [6.45, 7) is 1.51. The first-order valence-corrected chi connectivity index (χ1v) is 15.0. The molecule has 3 heterocycles. The van der Waals surface area contributed by atoms with Crippen LogP contribution in [0.3, 0.4) is 0 Å². The van der Waals surface area contributed by atoms with Crippen molar-refractivity contribution in [1.29, 1.82) is 0 Å². The standard InChI is InChI=1S/C34H25BrF2N6O4/c1-18-26(35)14-25(34(47)43(18)16-19-7-9-27(36)28(37)11-19)32(45)42-30(20-5-3-2-4-6-20)33(46)40-21-8-10-29-23(12-21)24(31(44)41-29)13-22-15-38-17-39-22/h2-15,17,30H,16H2,1H3,(H,38,39)(H,40,46)(H,41,44)(H,42,45)/b24-13-. The van der Waals surface area contributed by atoms with Gasteiger partial charge in [-0.3, -0.25) is 19.2 Å². The van der Waals surface area contributed by atoms with E-state index in [1.54, 1.807) is 67.7 Å². The zero-order valence-electron chi connectivity index (χ0n) is 24.6. The Hall–Kier alpha value is -5.69. The fourth-order valence-corrected chi connectivity index (χ4v) is 5.62. The molecule has 6 rings (SSSR count). The minimum Gasteiger partial charge on any atom is -0.345 e. The molecule has 1 aliphatic rings. The lowest BCUT2D eigenvalue weighted by Gasteiger charge is -2.20. The molecule has 2 aromatic heterocycles. The minimum atomic E-state index is -1.23. The Labute approximate surface area is 274 Å². The third-order valence-electron chi connectivity index (χ3n) is 7.63. The lowest BCUT2D eigenvalue weighted by Crippen LogP contribution is -2.40. The van der Waals surface area contributed by atoms with Crippen LogP contribution in [0.2, 0.25) is 0 Å². The van der Waals surface area contributed by atoms with Gasteiger partial charge in [-0.2, -0.15) is 0 Å². The molecular weight excluding hydrogens is 674 g/mol. The van der Waals surface area contributed by atoms with Gasteiger partial charge >= 0.3 is 0 Å². The number of fused-ring (bicyclic) bond motifs is 1. The fourth-order valence-electron chi connectivity index (χ4n) is 5.17. The van der Waals surface area contributed by atoms with Gasteiger partial charge in [0, 0.05) is 27.1 Å². The number of hydrogen-bond donors (Lipinski definition) is 4. The summed E-state index contributed by atoms with van der Waals surface area (Å²) in [5.74, 6) is -3.82. The van der Waals surface area contributed by atoms with Crippen LogP contribution in [0.4, 0.5) is 20.2 Å². The molecule has 1 aliphatic heterocycles. The van der Waals surface area contributed by atoms with Gasteiger partial charge in [-0.1, -0.05) is 36.4 Å². The number of pyridine rings is 1. The van der Waals surface area contributed by atoms with E-state index in [9.17, 15) is 28.0 Å². The van der Waals surface area contributed by atoms with Crippen LogP contribution in [0.1, 0.15) is 44.5 Å². The summed E-state index contributed by atoms with van der Waals surface area (Å²) in [6.07, 6.45) is 4.71. The van der Waals surface area contributed by atoms with E-state index in [2.05, 4.69) is 41.8 Å². The van der Waals surface area contributed by atoms with E-state index in [1.165, 1.54) is 23.0 Å². The van der Waals surface area contributed by atoms with Crippen LogP contribution in [-0.2, 0) is 16.1 Å². The average molecular weight is 700 g/mol. The van der Waals surface area contributed by atoms with E-state index < -0.39 is 35.0 Å². The Bertz CT molecular complexity index is 2130. The van der Waals surface area contributed by atoms with Crippen LogP contribution in [0.15, 0.2) is 94.6 Å². The van der Waals surface area contributed by atoms with Crippen molar-refractivity contribution in [2.24, 2.45) is 0 Å². The first-order valence-electron chi connectivity index (χ1n) is 14.3. The Morgan fingerprint density at radius 3 is 2.53 bits per heavy atom. The molecule has 0 aliphatic carbocycles. The van der Waals surface area contributed by atoms with Gasteiger partial charge in [-0.25, -0.2) is 13.8 Å². The van der Waals surface area contributed by atoms with Crippen molar-refractivity contribution >= 4 is 56.7 Å². The van der Waals surface area contributed by atoms with E-state index in [4.69, 9.17) is 0 Å². The van der Waals surface area contributed by atoms with Gasteiger partial charge in [0.2, 0.25) is 0 Å². The molecule has 236 valence electrons. The van der Waals surface area contributed by atoms with Gasteiger partial charge in [-0.15, -0.1) is 0 Å². The van der Waals surface area contributed by atoms with Gasteiger partial charge < -0.3 is 25.5 Å². The number of H-pyrrole nitrogens is 1. The largest absolute Gasteiger partial charge is 0.345 e. The molecule has 13 heteroatoms. The molecule has 3 amide bonds. The number of aromatic nitrogens is 3. The van der Waals surface area contributed by atoms with Gasteiger partial charge in [0.15, 0.2) is 11.6 Å². The SMILES string of the molecule is Cc1c(Br)cc(C(=O)NC(C(=O)Nc2ccc3c(c2)/C(=C/c2cnc[nH]2)C(=O)N3)c2ccccc2)c(=O)n1Cc1ccc(F)c(F)c1. The molecule has 1 atom stereocenters. The van der Waals surface area contributed by atoms with Crippen LogP contribution >= 0.6 is 15.9 Å². The van der Waals surface area contributed by atoms with Crippen LogP contribution in [0, 0.1) is 18.6 Å². The molecule has 0 bridgehead atoms. The maximum absolute atomic E-state index is 13.9. The second-order valence-electron chi connectivity index (χ2n) is 10.7. The third kappa shape index (κ3) is 6.51. The lowest BCUT2D eigenvalue weighted by atomic mass is 10.0. The predicted molar refractivity (Wildman–Crippen MR) is 175 cm³/mol. The van der Waals surface area contributed by atoms with Crippen LogP contribution in [0.25, 0.3) is 11.6 Å². The molecule has 1 unspecified atom stereocenters. The van der Waals surface area contributed by atoms with Crippen LogP contribution < -0.4 is 21.5 Å². The van der Waals surface area contributed by atoms with Gasteiger partial charge in [0.05, 0.1) is 30.3 Å². The highest BCUT2D eigenvalue weighted by Gasteiger charge is 2.28. The average Bonchev–Trinajstić information content (AvgIpc) is 3.69. The summed E-state index contributed by atoms with van der Waals surface area (Å²) in [6, 6.07) is 16.8. The maximum Gasteiger partial charge on any atom is 0.263 e. The first-order chi connectivity index (χ1) is 22.6. The molecule has 0 radical (unpaired) electrons. The second kappa shape index (κ2) is 13.0. The lowest BCUT2D eigenvalue weighted by molar-refractivity contribution is -0.118. The van der Waals surface area contributed by atoms with E-state index in [0.29, 0.717) is 49.5 Å². The fraction of sp³-hybridized carbons (Fsp3) is 0.0882.